The Hall–Kier alpha value is -2.55. The van der Waals surface area contributed by atoms with Crippen LogP contribution in [0.25, 0.3) is 0 Å². The van der Waals surface area contributed by atoms with Crippen molar-refractivity contribution < 1.29 is 42.7 Å². The molecule has 51 heavy (non-hydrogen) atoms. The van der Waals surface area contributed by atoms with Crippen molar-refractivity contribution in [2.75, 3.05) is 13.2 Å². The Morgan fingerprint density at radius 1 is 0.647 bits per heavy atom. The average Bonchev–Trinajstić information content (AvgIpc) is 3.85. The second kappa shape index (κ2) is 32.1. The van der Waals surface area contributed by atoms with E-state index < -0.39 is 32.5 Å². The summed E-state index contributed by atoms with van der Waals surface area (Å²) in [5, 5.41) is 0. The molecule has 1 rings (SSSR count). The summed E-state index contributed by atoms with van der Waals surface area (Å²) in [6.45, 7) is 3.45. The molecule has 1 fully saturated rings. The van der Waals surface area contributed by atoms with E-state index >= 15 is 0 Å². The first-order chi connectivity index (χ1) is 24.7. The van der Waals surface area contributed by atoms with E-state index in [0.717, 1.165) is 77.0 Å². The van der Waals surface area contributed by atoms with Crippen molar-refractivity contribution in [1.82, 2.24) is 0 Å². The molecule has 2 N–H and O–H groups in total. The van der Waals surface area contributed by atoms with E-state index in [4.69, 9.17) is 24.0 Å². The monoisotopic (exact) mass is 734 g/mol. The Morgan fingerprint density at radius 3 is 1.86 bits per heavy atom. The number of epoxide rings is 1. The molecule has 0 radical (unpaired) electrons. The van der Waals surface area contributed by atoms with Crippen LogP contribution in [0.1, 0.15) is 142 Å². The molecule has 3 atom stereocenters. The SMILES string of the molecule is CC/C=C\C/C=C\C/C=C\CCCCCCCC(=O)O[C@H](COC(=O)CCC/C=C\C/C=C\C/C=C\CC1OC1CCCCC)COP(=O)(O)O. The van der Waals surface area contributed by atoms with E-state index in [2.05, 4.69) is 85.2 Å². The van der Waals surface area contributed by atoms with Crippen LogP contribution in [0.4, 0.5) is 0 Å². The van der Waals surface area contributed by atoms with Crippen molar-refractivity contribution in [2.24, 2.45) is 0 Å². The van der Waals surface area contributed by atoms with Gasteiger partial charge in [0.1, 0.15) is 6.61 Å². The normalized spacial score (nSPS) is 17.3. The van der Waals surface area contributed by atoms with Gasteiger partial charge in [-0.25, -0.2) is 4.57 Å². The first kappa shape index (κ1) is 46.5. The maximum Gasteiger partial charge on any atom is 0.469 e. The van der Waals surface area contributed by atoms with Gasteiger partial charge in [-0.15, -0.1) is 0 Å². The van der Waals surface area contributed by atoms with Crippen LogP contribution in [0.3, 0.4) is 0 Å². The number of carbonyl (C=O) groups excluding carboxylic acids is 2. The maximum absolute atomic E-state index is 12.4. The molecule has 0 aliphatic carbocycles. The van der Waals surface area contributed by atoms with Gasteiger partial charge in [0.2, 0.25) is 0 Å². The highest BCUT2D eigenvalue weighted by molar-refractivity contribution is 7.46. The summed E-state index contributed by atoms with van der Waals surface area (Å²) in [6, 6.07) is 0. The van der Waals surface area contributed by atoms with Gasteiger partial charge < -0.3 is 24.0 Å². The molecular formula is C41H67O9P. The van der Waals surface area contributed by atoms with E-state index in [1.165, 1.54) is 25.7 Å². The Bertz CT molecular complexity index is 1120. The fraction of sp³-hybridized carbons (Fsp3) is 0.659. The van der Waals surface area contributed by atoms with Crippen LogP contribution in [0, 0.1) is 0 Å². The van der Waals surface area contributed by atoms with Gasteiger partial charge in [0.05, 0.1) is 18.8 Å². The predicted octanol–water partition coefficient (Wildman–Crippen LogP) is 10.5. The molecule has 9 nitrogen and oxygen atoms in total. The number of hydrogen-bond acceptors (Lipinski definition) is 7. The number of phosphoric ester groups is 1. The molecule has 0 aromatic carbocycles. The molecule has 1 aliphatic heterocycles. The molecule has 2 unspecified atom stereocenters. The number of unbranched alkanes of at least 4 members (excludes halogenated alkanes) is 8. The average molecular weight is 735 g/mol. The quantitative estimate of drug-likeness (QED) is 0.0222. The van der Waals surface area contributed by atoms with Crippen LogP contribution < -0.4 is 0 Å². The highest BCUT2D eigenvalue weighted by atomic mass is 31.2. The van der Waals surface area contributed by atoms with Crippen molar-refractivity contribution in [3.63, 3.8) is 0 Å². The third kappa shape index (κ3) is 31.9. The molecule has 1 heterocycles. The van der Waals surface area contributed by atoms with Gasteiger partial charge in [-0.1, -0.05) is 125 Å². The smallest absolute Gasteiger partial charge is 0.462 e. The largest absolute Gasteiger partial charge is 0.469 e. The lowest BCUT2D eigenvalue weighted by Crippen LogP contribution is -2.29. The lowest BCUT2D eigenvalue weighted by atomic mass is 10.1. The second-order valence-electron chi connectivity index (χ2n) is 12.9. The maximum atomic E-state index is 12.4. The number of rotatable bonds is 33. The molecule has 0 bridgehead atoms. The standard InChI is InChI=1S/C41H67O9P/c1-3-5-7-8-9-10-11-12-13-14-15-20-23-26-30-34-41(43)49-37(36-48-51(44,45)46)35-47-40(42)33-29-25-22-19-17-16-18-21-24-28-32-39-38(50-39)31-27-6-4-2/h5,7,9-10,12-13,16,18-19,22,24,28,37-39H,3-4,6,8,11,14-15,17,20-21,23,25-27,29-36H2,1-2H3,(H2,44,45,46)/b7-5-,10-9-,13-12-,18-16-,22-19-,28-24-/t37-,38?,39?/m1/s1. The Labute approximate surface area is 308 Å². The summed E-state index contributed by atoms with van der Waals surface area (Å²) < 4.78 is 32.0. The lowest BCUT2D eigenvalue weighted by molar-refractivity contribution is -0.161. The zero-order valence-electron chi connectivity index (χ0n) is 31.4. The zero-order valence-corrected chi connectivity index (χ0v) is 32.3. The zero-order chi connectivity index (χ0) is 37.3. The van der Waals surface area contributed by atoms with Gasteiger partial charge in [0, 0.05) is 12.8 Å². The van der Waals surface area contributed by atoms with E-state index in [1.54, 1.807) is 0 Å². The van der Waals surface area contributed by atoms with Crippen LogP contribution in [-0.4, -0.2) is 53.3 Å². The number of phosphoric acid groups is 1. The van der Waals surface area contributed by atoms with Crippen molar-refractivity contribution in [1.29, 1.82) is 0 Å². The van der Waals surface area contributed by atoms with Crippen LogP contribution in [0.15, 0.2) is 72.9 Å². The van der Waals surface area contributed by atoms with Crippen molar-refractivity contribution in [3.05, 3.63) is 72.9 Å². The minimum atomic E-state index is -4.78. The van der Waals surface area contributed by atoms with Crippen molar-refractivity contribution in [3.8, 4) is 0 Å². The third-order valence-corrected chi connectivity index (χ3v) is 8.62. The van der Waals surface area contributed by atoms with Gasteiger partial charge in [-0.3, -0.25) is 14.1 Å². The number of carbonyl (C=O) groups is 2. The fourth-order valence-corrected chi connectivity index (χ4v) is 5.54. The molecule has 0 spiro atoms. The Morgan fingerprint density at radius 2 is 1.22 bits per heavy atom. The van der Waals surface area contributed by atoms with Gasteiger partial charge in [-0.05, 0) is 77.0 Å². The summed E-state index contributed by atoms with van der Waals surface area (Å²) in [4.78, 5) is 42.7. The van der Waals surface area contributed by atoms with E-state index in [9.17, 15) is 14.2 Å². The van der Waals surface area contributed by atoms with Crippen LogP contribution >= 0.6 is 7.82 Å². The number of allylic oxidation sites excluding steroid dienone is 11. The Balaban J connectivity index is 2.14. The lowest BCUT2D eigenvalue weighted by Gasteiger charge is -2.18. The molecule has 0 saturated carbocycles. The molecule has 1 aliphatic rings. The van der Waals surface area contributed by atoms with Crippen LogP contribution in [0.5, 0.6) is 0 Å². The van der Waals surface area contributed by atoms with Gasteiger partial charge in [-0.2, -0.15) is 0 Å². The van der Waals surface area contributed by atoms with E-state index in [-0.39, 0.29) is 19.4 Å². The van der Waals surface area contributed by atoms with E-state index in [1.807, 2.05) is 6.08 Å². The molecular weight excluding hydrogens is 667 g/mol. The van der Waals surface area contributed by atoms with Crippen LogP contribution in [0.2, 0.25) is 0 Å². The van der Waals surface area contributed by atoms with Crippen molar-refractivity contribution >= 4 is 19.8 Å². The van der Waals surface area contributed by atoms with Gasteiger partial charge in [0.25, 0.3) is 0 Å². The molecule has 290 valence electrons. The fourth-order valence-electron chi connectivity index (χ4n) is 5.18. The first-order valence-electron chi connectivity index (χ1n) is 19.4. The summed E-state index contributed by atoms with van der Waals surface area (Å²) in [6.07, 6.45) is 43.7. The van der Waals surface area contributed by atoms with Crippen LogP contribution in [-0.2, 0) is 32.9 Å². The van der Waals surface area contributed by atoms with Gasteiger partial charge in [0.15, 0.2) is 6.10 Å². The topological polar surface area (TPSA) is 132 Å². The third-order valence-electron chi connectivity index (χ3n) is 8.13. The minimum Gasteiger partial charge on any atom is -0.462 e. The molecule has 10 heteroatoms. The number of ether oxygens (including phenoxy) is 3. The second-order valence-corrected chi connectivity index (χ2v) is 14.1. The number of hydrogen-bond donors (Lipinski definition) is 2. The summed E-state index contributed by atoms with van der Waals surface area (Å²) in [5.41, 5.74) is 0. The van der Waals surface area contributed by atoms with Crippen molar-refractivity contribution in [2.45, 2.75) is 161 Å². The summed E-state index contributed by atoms with van der Waals surface area (Å²) in [5.74, 6) is -0.983. The molecule has 0 amide bonds. The Kier molecular flexibility index (Phi) is 29.3. The van der Waals surface area contributed by atoms with E-state index in [0.29, 0.717) is 25.0 Å². The molecule has 0 aromatic rings. The predicted molar refractivity (Wildman–Crippen MR) is 206 cm³/mol. The van der Waals surface area contributed by atoms with Gasteiger partial charge >= 0.3 is 19.8 Å². The first-order valence-corrected chi connectivity index (χ1v) is 20.9. The molecule has 0 aromatic heterocycles. The highest BCUT2D eigenvalue weighted by Crippen LogP contribution is 2.36. The minimum absolute atomic E-state index is 0.174. The summed E-state index contributed by atoms with van der Waals surface area (Å²) >= 11 is 0. The molecule has 1 saturated heterocycles. The number of esters is 2. The summed E-state index contributed by atoms with van der Waals surface area (Å²) in [7, 11) is -4.78. The highest BCUT2D eigenvalue weighted by Gasteiger charge is 2.36.